The fourth-order valence-corrected chi connectivity index (χ4v) is 7.82. The summed E-state index contributed by atoms with van der Waals surface area (Å²) >= 11 is 7.68. The number of thiophene rings is 1. The van der Waals surface area contributed by atoms with E-state index in [1.54, 1.807) is 30.3 Å². The minimum absolute atomic E-state index is 0.0651. The van der Waals surface area contributed by atoms with Gasteiger partial charge in [-0.05, 0) is 65.0 Å². The number of rotatable bonds is 4. The SMILES string of the molecule is O=C(c1cccs1)C1C(C(=O)c2ccc3c(c2)OCO3)C2(C(=O)Nc3ccccc32)C2C=Cc3cc(Cl)ccc3N12. The van der Waals surface area contributed by atoms with Crippen LogP contribution in [0.15, 0.2) is 84.3 Å². The van der Waals surface area contributed by atoms with Gasteiger partial charge in [0.05, 0.1) is 16.8 Å². The summed E-state index contributed by atoms with van der Waals surface area (Å²) in [5.74, 6) is -0.895. The standard InChI is InChI=1S/C32H21ClN2O5S/c33-19-9-10-22-17(14-19)8-12-26-32(20-4-1-2-5-21(20)34-31(32)38)27(28(35(22)26)30(37)25-6-3-13-41-25)29(36)18-7-11-23-24(15-18)40-16-39-23/h1-15,26-28H,16H2,(H,34,38). The first-order valence-corrected chi connectivity index (χ1v) is 14.4. The summed E-state index contributed by atoms with van der Waals surface area (Å²) in [5, 5.41) is 5.44. The molecule has 0 saturated carbocycles. The van der Waals surface area contributed by atoms with Crippen molar-refractivity contribution in [1.82, 2.24) is 0 Å². The number of nitrogens with one attached hydrogen (secondary N) is 1. The summed E-state index contributed by atoms with van der Waals surface area (Å²) in [7, 11) is 0. The molecule has 1 saturated heterocycles. The summed E-state index contributed by atoms with van der Waals surface area (Å²) in [4.78, 5) is 46.2. The van der Waals surface area contributed by atoms with E-state index in [9.17, 15) is 14.4 Å². The first kappa shape index (κ1) is 24.4. The van der Waals surface area contributed by atoms with Crippen molar-refractivity contribution in [3.63, 3.8) is 0 Å². The van der Waals surface area contributed by atoms with Crippen LogP contribution in [0.5, 0.6) is 11.5 Å². The topological polar surface area (TPSA) is 84.9 Å². The maximum atomic E-state index is 14.9. The summed E-state index contributed by atoms with van der Waals surface area (Å²) in [6.45, 7) is 0.0651. The number of Topliss-reactive ketones (excluding diaryl/α,β-unsaturated/α-hetero) is 2. The Labute approximate surface area is 244 Å². The molecule has 41 heavy (non-hydrogen) atoms. The number of fused-ring (bicyclic) bond motifs is 7. The number of amides is 1. The molecule has 7 nitrogen and oxygen atoms in total. The second kappa shape index (κ2) is 8.80. The molecule has 5 heterocycles. The molecule has 4 aliphatic heterocycles. The Hall–Kier alpha value is -4.40. The molecule has 0 radical (unpaired) electrons. The molecule has 0 bridgehead atoms. The van der Waals surface area contributed by atoms with Gasteiger partial charge in [-0.15, -0.1) is 11.3 Å². The Kier molecular flexibility index (Phi) is 5.24. The zero-order chi connectivity index (χ0) is 27.9. The van der Waals surface area contributed by atoms with E-state index in [1.807, 2.05) is 64.9 Å². The lowest BCUT2D eigenvalue weighted by Crippen LogP contribution is -2.51. The first-order chi connectivity index (χ1) is 20.0. The second-order valence-electron chi connectivity index (χ2n) is 10.5. The Morgan fingerprint density at radius 3 is 2.68 bits per heavy atom. The van der Waals surface area contributed by atoms with E-state index in [-0.39, 0.29) is 24.3 Å². The largest absolute Gasteiger partial charge is 0.454 e. The van der Waals surface area contributed by atoms with E-state index >= 15 is 0 Å². The van der Waals surface area contributed by atoms with Crippen LogP contribution >= 0.6 is 22.9 Å². The van der Waals surface area contributed by atoms with Crippen molar-refractivity contribution in [3.8, 4) is 11.5 Å². The molecular formula is C32H21ClN2O5S. The summed E-state index contributed by atoms with van der Waals surface area (Å²) in [6.07, 6.45) is 3.86. The lowest BCUT2D eigenvalue weighted by Gasteiger charge is -2.37. The maximum Gasteiger partial charge on any atom is 0.238 e. The molecule has 4 aromatic rings. The molecule has 9 heteroatoms. The monoisotopic (exact) mass is 580 g/mol. The lowest BCUT2D eigenvalue weighted by atomic mass is 9.64. The van der Waals surface area contributed by atoms with Crippen LogP contribution in [0, 0.1) is 5.92 Å². The average Bonchev–Trinajstić information content (AvgIpc) is 3.78. The molecule has 3 aromatic carbocycles. The van der Waals surface area contributed by atoms with Crippen molar-refractivity contribution >= 4 is 57.9 Å². The number of benzene rings is 3. The van der Waals surface area contributed by atoms with Crippen LogP contribution in [-0.4, -0.2) is 36.4 Å². The summed E-state index contributed by atoms with van der Waals surface area (Å²) in [5.41, 5.74) is 1.86. The van der Waals surface area contributed by atoms with Gasteiger partial charge in [0, 0.05) is 22.0 Å². The predicted molar refractivity (Wildman–Crippen MR) is 156 cm³/mol. The molecule has 202 valence electrons. The van der Waals surface area contributed by atoms with Crippen molar-refractivity contribution in [2.75, 3.05) is 17.0 Å². The van der Waals surface area contributed by atoms with E-state index in [1.165, 1.54) is 11.3 Å². The van der Waals surface area contributed by atoms with Crippen LogP contribution < -0.4 is 19.7 Å². The van der Waals surface area contributed by atoms with Crippen molar-refractivity contribution in [2.24, 2.45) is 5.92 Å². The number of para-hydroxylation sites is 1. The third-order valence-electron chi connectivity index (χ3n) is 8.57. The molecule has 4 aliphatic rings. The molecule has 1 aromatic heterocycles. The van der Waals surface area contributed by atoms with Crippen LogP contribution in [-0.2, 0) is 10.2 Å². The zero-order valence-electron chi connectivity index (χ0n) is 21.4. The van der Waals surface area contributed by atoms with Crippen LogP contribution in [0.2, 0.25) is 5.02 Å². The highest BCUT2D eigenvalue weighted by atomic mass is 35.5. The van der Waals surface area contributed by atoms with Crippen LogP contribution in [0.3, 0.4) is 0 Å². The fourth-order valence-electron chi connectivity index (χ4n) is 6.94. The first-order valence-electron chi connectivity index (χ1n) is 13.2. The number of ether oxygens (including phenoxy) is 2. The minimum atomic E-state index is -1.38. The van der Waals surface area contributed by atoms with E-state index in [4.69, 9.17) is 21.1 Å². The van der Waals surface area contributed by atoms with E-state index in [2.05, 4.69) is 5.32 Å². The number of carbonyl (C=O) groups is 3. The molecule has 1 fully saturated rings. The molecule has 8 rings (SSSR count). The van der Waals surface area contributed by atoms with Crippen molar-refractivity contribution < 1.29 is 23.9 Å². The smallest absolute Gasteiger partial charge is 0.238 e. The Bertz CT molecular complexity index is 1820. The van der Waals surface area contributed by atoms with Gasteiger partial charge in [-0.1, -0.05) is 48.0 Å². The highest BCUT2D eigenvalue weighted by Gasteiger charge is 2.70. The molecular weight excluding hydrogens is 560 g/mol. The van der Waals surface area contributed by atoms with Gasteiger partial charge in [-0.2, -0.15) is 0 Å². The predicted octanol–water partition coefficient (Wildman–Crippen LogP) is 5.99. The van der Waals surface area contributed by atoms with Crippen LogP contribution in [0.1, 0.15) is 31.2 Å². The van der Waals surface area contributed by atoms with Gasteiger partial charge in [0.15, 0.2) is 23.1 Å². The Morgan fingerprint density at radius 1 is 0.976 bits per heavy atom. The van der Waals surface area contributed by atoms with Crippen molar-refractivity contribution in [2.45, 2.75) is 17.5 Å². The normalized spacial score (nSPS) is 24.7. The van der Waals surface area contributed by atoms with Gasteiger partial charge >= 0.3 is 0 Å². The minimum Gasteiger partial charge on any atom is -0.454 e. The summed E-state index contributed by atoms with van der Waals surface area (Å²) < 4.78 is 11.0. The number of hydrogen-bond donors (Lipinski definition) is 1. The number of carbonyl (C=O) groups excluding carboxylic acids is 3. The highest BCUT2D eigenvalue weighted by Crippen LogP contribution is 2.58. The second-order valence-corrected chi connectivity index (χ2v) is 11.9. The van der Waals surface area contributed by atoms with E-state index < -0.39 is 23.4 Å². The number of ketones is 2. The van der Waals surface area contributed by atoms with Gasteiger partial charge in [0.2, 0.25) is 12.7 Å². The molecule has 4 unspecified atom stereocenters. The van der Waals surface area contributed by atoms with Crippen molar-refractivity contribution in [1.29, 1.82) is 0 Å². The van der Waals surface area contributed by atoms with Crippen molar-refractivity contribution in [3.05, 3.63) is 111 Å². The van der Waals surface area contributed by atoms with Crippen LogP contribution in [0.4, 0.5) is 11.4 Å². The van der Waals surface area contributed by atoms with E-state index in [0.29, 0.717) is 38.2 Å². The maximum absolute atomic E-state index is 14.9. The highest BCUT2D eigenvalue weighted by molar-refractivity contribution is 7.12. The van der Waals surface area contributed by atoms with Gasteiger partial charge in [0.1, 0.15) is 11.5 Å². The number of anilines is 2. The number of nitrogens with zero attached hydrogens (tertiary/aromatic N) is 1. The van der Waals surface area contributed by atoms with Crippen LogP contribution in [0.25, 0.3) is 6.08 Å². The summed E-state index contributed by atoms with van der Waals surface area (Å²) in [6, 6.07) is 19.9. The molecule has 1 amide bonds. The van der Waals surface area contributed by atoms with Gasteiger partial charge < -0.3 is 19.7 Å². The average molecular weight is 581 g/mol. The Balaban J connectivity index is 1.41. The molecule has 1 spiro atoms. The molecule has 1 N–H and O–H groups in total. The third-order valence-corrected chi connectivity index (χ3v) is 9.69. The lowest BCUT2D eigenvalue weighted by molar-refractivity contribution is -0.121. The number of hydrogen-bond acceptors (Lipinski definition) is 7. The van der Waals surface area contributed by atoms with E-state index in [0.717, 1.165) is 11.3 Å². The van der Waals surface area contributed by atoms with Gasteiger partial charge in [0.25, 0.3) is 0 Å². The van der Waals surface area contributed by atoms with Gasteiger partial charge in [-0.3, -0.25) is 14.4 Å². The molecule has 0 aliphatic carbocycles. The fraction of sp³-hybridized carbons (Fsp3) is 0.156. The number of halogens is 1. The quantitative estimate of drug-likeness (QED) is 0.299. The Morgan fingerprint density at radius 2 is 1.83 bits per heavy atom. The zero-order valence-corrected chi connectivity index (χ0v) is 22.9. The van der Waals surface area contributed by atoms with Gasteiger partial charge in [-0.25, -0.2) is 0 Å². The third kappa shape index (κ3) is 3.29. The molecule has 4 atom stereocenters.